The van der Waals surface area contributed by atoms with Crippen molar-refractivity contribution < 1.29 is 4.79 Å². The van der Waals surface area contributed by atoms with Gasteiger partial charge in [0.25, 0.3) is 5.91 Å². The van der Waals surface area contributed by atoms with E-state index >= 15 is 0 Å². The van der Waals surface area contributed by atoms with Gasteiger partial charge in [-0.3, -0.25) is 9.69 Å². The van der Waals surface area contributed by atoms with Crippen LogP contribution in [-0.2, 0) is 0 Å². The molecule has 5 nitrogen and oxygen atoms in total. The third-order valence-corrected chi connectivity index (χ3v) is 3.97. The molecule has 1 fully saturated rings. The molecule has 0 aromatic carbocycles. The zero-order chi connectivity index (χ0) is 14.8. The molecule has 1 aliphatic heterocycles. The van der Waals surface area contributed by atoms with Gasteiger partial charge in [0.2, 0.25) is 0 Å². The van der Waals surface area contributed by atoms with Crippen LogP contribution in [0, 0.1) is 0 Å². The summed E-state index contributed by atoms with van der Waals surface area (Å²) in [6.45, 7) is 9.58. The summed E-state index contributed by atoms with van der Waals surface area (Å²) in [5.41, 5.74) is 0.724. The first-order chi connectivity index (χ1) is 9.44. The Bertz CT molecular complexity index is 487. The van der Waals surface area contributed by atoms with Gasteiger partial charge in [0.1, 0.15) is 5.82 Å². The molecule has 0 atom stereocenters. The van der Waals surface area contributed by atoms with Gasteiger partial charge in [-0.15, -0.1) is 0 Å². The summed E-state index contributed by atoms with van der Waals surface area (Å²) >= 11 is 0. The molecule has 0 aliphatic carbocycles. The van der Waals surface area contributed by atoms with Gasteiger partial charge in [0.05, 0.1) is 0 Å². The molecule has 1 aromatic rings. The van der Waals surface area contributed by atoms with E-state index in [2.05, 4.69) is 36.1 Å². The van der Waals surface area contributed by atoms with Crippen molar-refractivity contribution >= 4 is 11.7 Å². The number of pyridine rings is 1. The van der Waals surface area contributed by atoms with E-state index in [9.17, 15) is 4.79 Å². The van der Waals surface area contributed by atoms with E-state index < -0.39 is 0 Å². The Hall–Kier alpha value is -1.62. The van der Waals surface area contributed by atoms with Crippen LogP contribution in [0.15, 0.2) is 18.3 Å². The van der Waals surface area contributed by atoms with Gasteiger partial charge in [-0.2, -0.15) is 0 Å². The largest absolute Gasteiger partial charge is 0.370 e. The van der Waals surface area contributed by atoms with Crippen molar-refractivity contribution in [2.45, 2.75) is 26.3 Å². The second-order valence-electron chi connectivity index (χ2n) is 5.92. The molecule has 1 aliphatic rings. The van der Waals surface area contributed by atoms with Gasteiger partial charge in [-0.25, -0.2) is 4.98 Å². The number of amides is 1. The molecule has 0 radical (unpaired) electrons. The molecular weight excluding hydrogens is 252 g/mol. The lowest BCUT2D eigenvalue weighted by Crippen LogP contribution is -2.58. The topological polar surface area (TPSA) is 48.5 Å². The van der Waals surface area contributed by atoms with Crippen molar-refractivity contribution in [3.05, 3.63) is 23.9 Å². The van der Waals surface area contributed by atoms with Crippen molar-refractivity contribution in [1.29, 1.82) is 0 Å². The fourth-order valence-corrected chi connectivity index (χ4v) is 2.44. The van der Waals surface area contributed by atoms with E-state index in [4.69, 9.17) is 0 Å². The predicted molar refractivity (Wildman–Crippen MR) is 81.0 cm³/mol. The molecule has 110 valence electrons. The normalized spacial score (nSPS) is 18.9. The lowest BCUT2D eigenvalue weighted by molar-refractivity contribution is 0.0311. The highest BCUT2D eigenvalue weighted by Gasteiger charge is 2.33. The number of hydrogen-bond acceptors (Lipinski definition) is 4. The lowest BCUT2D eigenvalue weighted by Gasteiger charge is -2.45. The maximum absolute atomic E-state index is 12.6. The summed E-state index contributed by atoms with van der Waals surface area (Å²) in [7, 11) is 2.11. The highest BCUT2D eigenvalue weighted by atomic mass is 16.2. The van der Waals surface area contributed by atoms with Crippen LogP contribution >= 0.6 is 0 Å². The number of likely N-dealkylation sites (N-methyl/N-ethyl adjacent to an activating group) is 1. The van der Waals surface area contributed by atoms with Crippen LogP contribution in [0.1, 0.15) is 31.1 Å². The van der Waals surface area contributed by atoms with E-state index in [1.165, 1.54) is 0 Å². The highest BCUT2D eigenvalue weighted by molar-refractivity contribution is 5.95. The molecule has 5 heteroatoms. The first-order valence-corrected chi connectivity index (χ1v) is 7.14. The zero-order valence-corrected chi connectivity index (χ0v) is 12.8. The molecule has 2 heterocycles. The summed E-state index contributed by atoms with van der Waals surface area (Å²) in [6, 6.07) is 3.62. The van der Waals surface area contributed by atoms with Crippen LogP contribution in [0.4, 0.5) is 5.82 Å². The van der Waals surface area contributed by atoms with E-state index in [0.29, 0.717) is 5.56 Å². The zero-order valence-electron chi connectivity index (χ0n) is 12.8. The van der Waals surface area contributed by atoms with Gasteiger partial charge in [-0.1, -0.05) is 0 Å². The van der Waals surface area contributed by atoms with Gasteiger partial charge < -0.3 is 10.2 Å². The molecule has 1 aromatic heterocycles. The monoisotopic (exact) mass is 276 g/mol. The average molecular weight is 276 g/mol. The third-order valence-electron chi connectivity index (χ3n) is 3.97. The molecule has 20 heavy (non-hydrogen) atoms. The van der Waals surface area contributed by atoms with Crippen LogP contribution in [0.3, 0.4) is 0 Å². The minimum absolute atomic E-state index is 0.0193. The van der Waals surface area contributed by atoms with Gasteiger partial charge in [0, 0.05) is 43.5 Å². The number of carbonyl (C=O) groups is 1. The summed E-state index contributed by atoms with van der Waals surface area (Å²) in [6.07, 6.45) is 1.69. The number of anilines is 1. The molecule has 1 saturated heterocycles. The smallest absolute Gasteiger partial charge is 0.254 e. The molecule has 0 bridgehead atoms. The molecule has 0 unspecified atom stereocenters. The second kappa shape index (κ2) is 5.79. The van der Waals surface area contributed by atoms with Crippen molar-refractivity contribution in [3.8, 4) is 0 Å². The first-order valence-electron chi connectivity index (χ1n) is 7.14. The number of aromatic nitrogens is 1. The Morgan fingerprint density at radius 2 is 2.20 bits per heavy atom. The molecular formula is C15H24N4O. The predicted octanol–water partition coefficient (Wildman–Crippen LogP) is 1.68. The van der Waals surface area contributed by atoms with Crippen LogP contribution in [0.2, 0.25) is 0 Å². The van der Waals surface area contributed by atoms with Crippen molar-refractivity contribution in [3.63, 3.8) is 0 Å². The lowest BCUT2D eigenvalue weighted by atomic mass is 9.99. The van der Waals surface area contributed by atoms with Gasteiger partial charge >= 0.3 is 0 Å². The molecule has 0 saturated carbocycles. The summed E-state index contributed by atoms with van der Waals surface area (Å²) in [5, 5.41) is 3.14. The summed E-state index contributed by atoms with van der Waals surface area (Å²) in [5.74, 6) is 0.847. The Kier molecular flexibility index (Phi) is 4.28. The van der Waals surface area contributed by atoms with Crippen LogP contribution in [0.25, 0.3) is 0 Å². The Morgan fingerprint density at radius 1 is 1.45 bits per heavy atom. The quantitative estimate of drug-likeness (QED) is 0.912. The number of nitrogens with one attached hydrogen (secondary N) is 1. The number of hydrogen-bond donors (Lipinski definition) is 1. The molecule has 0 spiro atoms. The standard InChI is InChI=1S/C15H24N4O/c1-5-16-13-10-12(6-7-17-13)14(20)19-9-8-18(4)15(2,3)11-19/h6-7,10H,5,8-9,11H2,1-4H3,(H,16,17). The SMILES string of the molecule is CCNc1cc(C(=O)N2CCN(C)C(C)(C)C2)ccn1. The maximum Gasteiger partial charge on any atom is 0.254 e. The van der Waals surface area contributed by atoms with Gasteiger partial charge in [0.15, 0.2) is 0 Å². The summed E-state index contributed by atoms with van der Waals surface area (Å²) < 4.78 is 0. The van der Waals surface area contributed by atoms with Crippen LogP contribution < -0.4 is 5.32 Å². The fourth-order valence-electron chi connectivity index (χ4n) is 2.44. The number of nitrogens with zero attached hydrogens (tertiary/aromatic N) is 3. The van der Waals surface area contributed by atoms with Crippen molar-refractivity contribution in [2.75, 3.05) is 38.5 Å². The van der Waals surface area contributed by atoms with E-state index in [-0.39, 0.29) is 11.4 Å². The average Bonchev–Trinajstić information content (AvgIpc) is 2.42. The minimum Gasteiger partial charge on any atom is -0.370 e. The summed E-state index contributed by atoms with van der Waals surface area (Å²) in [4.78, 5) is 21.0. The Morgan fingerprint density at radius 3 is 2.85 bits per heavy atom. The van der Waals surface area contributed by atoms with E-state index in [1.54, 1.807) is 12.3 Å². The van der Waals surface area contributed by atoms with Crippen LogP contribution in [-0.4, -0.2) is 59.5 Å². The van der Waals surface area contributed by atoms with Crippen molar-refractivity contribution in [1.82, 2.24) is 14.8 Å². The van der Waals surface area contributed by atoms with Crippen LogP contribution in [0.5, 0.6) is 0 Å². The Labute approximate surface area is 121 Å². The number of rotatable bonds is 3. The minimum atomic E-state index is 0.0193. The molecule has 1 amide bonds. The van der Waals surface area contributed by atoms with E-state index in [0.717, 1.165) is 32.0 Å². The highest BCUT2D eigenvalue weighted by Crippen LogP contribution is 2.20. The Balaban J connectivity index is 2.13. The molecule has 2 rings (SSSR count). The first kappa shape index (κ1) is 14.8. The second-order valence-corrected chi connectivity index (χ2v) is 5.92. The number of carbonyl (C=O) groups excluding carboxylic acids is 1. The van der Waals surface area contributed by atoms with E-state index in [1.807, 2.05) is 17.9 Å². The van der Waals surface area contributed by atoms with Gasteiger partial charge in [-0.05, 0) is 40.0 Å². The van der Waals surface area contributed by atoms with Crippen molar-refractivity contribution in [2.24, 2.45) is 0 Å². The maximum atomic E-state index is 12.6. The number of piperazine rings is 1. The molecule has 1 N–H and O–H groups in total. The third kappa shape index (κ3) is 3.10. The fraction of sp³-hybridized carbons (Fsp3) is 0.600.